The number of amides is 2. The van der Waals surface area contributed by atoms with Crippen molar-refractivity contribution in [2.24, 2.45) is 0 Å². The smallest absolute Gasteiger partial charge is 0.279 e. The average Bonchev–Trinajstić information content (AvgIpc) is 2.63. The van der Waals surface area contributed by atoms with Crippen molar-refractivity contribution < 1.29 is 19.5 Å². The second-order valence-corrected chi connectivity index (χ2v) is 7.08. The van der Waals surface area contributed by atoms with Gasteiger partial charge in [0.25, 0.3) is 5.56 Å². The van der Waals surface area contributed by atoms with Crippen molar-refractivity contribution >= 4 is 40.7 Å². The van der Waals surface area contributed by atoms with Crippen molar-refractivity contribution in [1.82, 2.24) is 9.97 Å². The van der Waals surface area contributed by atoms with E-state index in [9.17, 15) is 24.3 Å². The Morgan fingerprint density at radius 2 is 1.82 bits per heavy atom. The Morgan fingerprint density at radius 1 is 1.18 bits per heavy atom. The fraction of sp³-hybridized carbons (Fsp3) is 0.278. The monoisotopic (exact) mass is 404 g/mol. The third-order valence-corrected chi connectivity index (χ3v) is 4.90. The van der Waals surface area contributed by atoms with Crippen LogP contribution in [-0.4, -0.2) is 37.9 Å². The summed E-state index contributed by atoms with van der Waals surface area (Å²) in [6.45, 7) is 4.44. The first-order valence-corrected chi connectivity index (χ1v) is 9.28. The average molecular weight is 404 g/mol. The SMILES string of the molecule is CC[C@H](Sc1nc(O)c(NC(C)=O)c(=O)[nH]1)C(=O)Nc1ccc(C(C)=O)cc1. The lowest BCUT2D eigenvalue weighted by Gasteiger charge is -2.14. The molecular formula is C18H20N4O5S. The minimum atomic E-state index is -0.722. The lowest BCUT2D eigenvalue weighted by atomic mass is 10.1. The highest BCUT2D eigenvalue weighted by molar-refractivity contribution is 8.00. The number of nitrogens with zero attached hydrogens (tertiary/aromatic N) is 1. The fourth-order valence-corrected chi connectivity index (χ4v) is 3.15. The van der Waals surface area contributed by atoms with Crippen LogP contribution in [0, 0.1) is 0 Å². The van der Waals surface area contributed by atoms with Crippen LogP contribution in [0.3, 0.4) is 0 Å². The van der Waals surface area contributed by atoms with Gasteiger partial charge >= 0.3 is 0 Å². The number of benzene rings is 1. The molecule has 1 aromatic carbocycles. The largest absolute Gasteiger partial charge is 0.492 e. The predicted octanol–water partition coefficient (Wildman–Crippen LogP) is 2.15. The first-order chi connectivity index (χ1) is 13.2. The third kappa shape index (κ3) is 5.43. The van der Waals surface area contributed by atoms with E-state index < -0.39 is 22.6 Å². The summed E-state index contributed by atoms with van der Waals surface area (Å²) in [5.74, 6) is -1.55. The summed E-state index contributed by atoms with van der Waals surface area (Å²) in [4.78, 5) is 53.1. The van der Waals surface area contributed by atoms with E-state index >= 15 is 0 Å². The van der Waals surface area contributed by atoms with Crippen LogP contribution in [-0.2, 0) is 9.59 Å². The summed E-state index contributed by atoms with van der Waals surface area (Å²) in [6, 6.07) is 6.48. The molecule has 0 spiro atoms. The second kappa shape index (κ2) is 9.18. The molecular weight excluding hydrogens is 384 g/mol. The molecule has 0 saturated carbocycles. The van der Waals surface area contributed by atoms with Gasteiger partial charge in [-0.15, -0.1) is 0 Å². The number of ketones is 1. The number of thioether (sulfide) groups is 1. The van der Waals surface area contributed by atoms with E-state index in [1.54, 1.807) is 31.2 Å². The number of nitrogens with one attached hydrogen (secondary N) is 3. The Kier molecular flexibility index (Phi) is 6.94. The van der Waals surface area contributed by atoms with Crippen LogP contribution in [0.4, 0.5) is 11.4 Å². The number of aromatic hydroxyl groups is 1. The van der Waals surface area contributed by atoms with E-state index in [2.05, 4.69) is 20.6 Å². The highest BCUT2D eigenvalue weighted by atomic mass is 32.2. The molecule has 0 unspecified atom stereocenters. The molecule has 1 atom stereocenters. The van der Waals surface area contributed by atoms with E-state index in [-0.39, 0.29) is 22.5 Å². The van der Waals surface area contributed by atoms with Crippen molar-refractivity contribution in [3.05, 3.63) is 40.2 Å². The molecule has 4 N–H and O–H groups in total. The summed E-state index contributed by atoms with van der Waals surface area (Å²) in [5.41, 5.74) is -0.00419. The zero-order chi connectivity index (χ0) is 20.8. The first kappa shape index (κ1) is 21.2. The van der Waals surface area contributed by atoms with Gasteiger partial charge in [-0.2, -0.15) is 4.98 Å². The molecule has 148 valence electrons. The molecule has 1 heterocycles. The molecule has 2 aromatic rings. The van der Waals surface area contributed by atoms with Crippen molar-refractivity contribution in [1.29, 1.82) is 0 Å². The van der Waals surface area contributed by atoms with Crippen LogP contribution >= 0.6 is 11.8 Å². The molecule has 2 rings (SSSR count). The molecule has 0 aliphatic rings. The molecule has 1 aromatic heterocycles. The Balaban J connectivity index is 2.12. The van der Waals surface area contributed by atoms with E-state index in [1.165, 1.54) is 13.8 Å². The van der Waals surface area contributed by atoms with E-state index in [1.807, 2.05) is 0 Å². The van der Waals surface area contributed by atoms with Gasteiger partial charge in [-0.1, -0.05) is 18.7 Å². The summed E-state index contributed by atoms with van der Waals surface area (Å²) in [7, 11) is 0. The molecule has 0 saturated heterocycles. The number of carbonyl (C=O) groups is 3. The number of hydrogen-bond donors (Lipinski definition) is 4. The summed E-state index contributed by atoms with van der Waals surface area (Å²) in [5, 5.41) is 14.2. The first-order valence-electron chi connectivity index (χ1n) is 8.40. The van der Waals surface area contributed by atoms with Crippen molar-refractivity contribution in [2.45, 2.75) is 37.6 Å². The maximum atomic E-state index is 12.5. The maximum Gasteiger partial charge on any atom is 0.279 e. The zero-order valence-corrected chi connectivity index (χ0v) is 16.3. The summed E-state index contributed by atoms with van der Waals surface area (Å²) in [6.07, 6.45) is 0.431. The number of H-pyrrole nitrogens is 1. The normalized spacial score (nSPS) is 11.5. The predicted molar refractivity (Wildman–Crippen MR) is 106 cm³/mol. The molecule has 2 amide bonds. The minimum Gasteiger partial charge on any atom is -0.492 e. The highest BCUT2D eigenvalue weighted by Gasteiger charge is 2.21. The topological polar surface area (TPSA) is 141 Å². The standard InChI is InChI=1S/C18H20N4O5S/c1-4-13(15(25)20-12-7-5-11(6-8-12)9(2)23)28-18-21-16(26)14(17(27)22-18)19-10(3)24/h5-8,13H,4H2,1-3H3,(H,19,24)(H,20,25)(H2,21,22,26,27)/t13-/m0/s1. The summed E-state index contributed by atoms with van der Waals surface area (Å²) < 4.78 is 0. The van der Waals surface area contributed by atoms with Crippen LogP contribution in [0.5, 0.6) is 5.88 Å². The van der Waals surface area contributed by atoms with Gasteiger partial charge < -0.3 is 15.7 Å². The number of rotatable bonds is 7. The molecule has 0 fully saturated rings. The van der Waals surface area contributed by atoms with E-state index in [0.29, 0.717) is 17.7 Å². The van der Waals surface area contributed by atoms with Crippen molar-refractivity contribution in [2.75, 3.05) is 10.6 Å². The van der Waals surface area contributed by atoms with Gasteiger partial charge in [0.2, 0.25) is 17.7 Å². The van der Waals surface area contributed by atoms with Crippen molar-refractivity contribution in [3.63, 3.8) is 0 Å². The van der Waals surface area contributed by atoms with Crippen LogP contribution in [0.25, 0.3) is 0 Å². The Bertz CT molecular complexity index is 955. The maximum absolute atomic E-state index is 12.5. The number of aromatic amines is 1. The Hall–Kier alpha value is -3.14. The van der Waals surface area contributed by atoms with Gasteiger partial charge in [-0.05, 0) is 37.6 Å². The highest BCUT2D eigenvalue weighted by Crippen LogP contribution is 2.26. The third-order valence-electron chi connectivity index (χ3n) is 3.66. The molecule has 9 nitrogen and oxygen atoms in total. The minimum absolute atomic E-state index is 0.0468. The van der Waals surface area contributed by atoms with Crippen LogP contribution in [0.2, 0.25) is 0 Å². The van der Waals surface area contributed by atoms with Crippen LogP contribution < -0.4 is 16.2 Å². The van der Waals surface area contributed by atoms with Gasteiger partial charge in [0.05, 0.1) is 5.25 Å². The van der Waals surface area contributed by atoms with Gasteiger partial charge in [-0.25, -0.2) is 0 Å². The lowest BCUT2D eigenvalue weighted by Crippen LogP contribution is -2.25. The number of carbonyl (C=O) groups excluding carboxylic acids is 3. The molecule has 28 heavy (non-hydrogen) atoms. The molecule has 0 radical (unpaired) electrons. The van der Waals surface area contributed by atoms with Gasteiger partial charge in [-0.3, -0.25) is 24.2 Å². The lowest BCUT2D eigenvalue weighted by molar-refractivity contribution is -0.116. The van der Waals surface area contributed by atoms with Gasteiger partial charge in [0.1, 0.15) is 0 Å². The zero-order valence-electron chi connectivity index (χ0n) is 15.5. The van der Waals surface area contributed by atoms with Crippen LogP contribution in [0.15, 0.2) is 34.2 Å². The molecule has 0 bridgehead atoms. The fourth-order valence-electron chi connectivity index (χ4n) is 2.25. The Morgan fingerprint density at radius 3 is 2.32 bits per heavy atom. The number of aromatic nitrogens is 2. The van der Waals surface area contributed by atoms with Crippen LogP contribution in [0.1, 0.15) is 37.6 Å². The van der Waals surface area contributed by atoms with E-state index in [0.717, 1.165) is 11.8 Å². The van der Waals surface area contributed by atoms with E-state index in [4.69, 9.17) is 0 Å². The van der Waals surface area contributed by atoms with Gasteiger partial charge in [0, 0.05) is 18.2 Å². The quantitative estimate of drug-likeness (QED) is 0.315. The number of Topliss-reactive ketones (excluding diaryl/α,β-unsaturated/α-hetero) is 1. The van der Waals surface area contributed by atoms with Gasteiger partial charge in [0.15, 0.2) is 16.6 Å². The van der Waals surface area contributed by atoms with Crippen molar-refractivity contribution in [3.8, 4) is 5.88 Å². The molecule has 0 aliphatic heterocycles. The second-order valence-electron chi connectivity index (χ2n) is 5.89. The molecule has 10 heteroatoms. The summed E-state index contributed by atoms with van der Waals surface area (Å²) >= 11 is 0.975. The Labute approximate surface area is 165 Å². The molecule has 0 aliphatic carbocycles. The number of hydrogen-bond acceptors (Lipinski definition) is 7. The number of anilines is 2.